The molecule has 0 saturated heterocycles. The van der Waals surface area contributed by atoms with Gasteiger partial charge in [-0.1, -0.05) is 6.58 Å². The number of aliphatic hydroxyl groups excluding tert-OH is 1. The quantitative estimate of drug-likeness (QED) is 0.273. The molecule has 3 nitrogen and oxygen atoms in total. The van der Waals surface area contributed by atoms with Gasteiger partial charge >= 0.3 is 0 Å². The Morgan fingerprint density at radius 1 is 2.00 bits per heavy atom. The number of aliphatic hydroxyl groups is 1. The molecule has 0 aliphatic rings. The van der Waals surface area contributed by atoms with Crippen LogP contribution in [0.5, 0.6) is 0 Å². The second-order valence-corrected chi connectivity index (χ2v) is 0.903. The Morgan fingerprint density at radius 3 is 2.71 bits per heavy atom. The van der Waals surface area contributed by atoms with Crippen LogP contribution in [-0.4, -0.2) is 17.7 Å². The van der Waals surface area contributed by atoms with Crippen molar-refractivity contribution in [3.8, 4) is 0 Å². The summed E-state index contributed by atoms with van der Waals surface area (Å²) in [4.78, 5) is 10.0. The summed E-state index contributed by atoms with van der Waals surface area (Å²) < 4.78 is 0. The highest BCUT2D eigenvalue weighted by Gasteiger charge is 1.84. The molecule has 0 heterocycles. The topological polar surface area (TPSA) is 49.3 Å². The molecular weight excluding hydrogens is 95.0 g/mol. The Balaban J connectivity index is 3.17. The summed E-state index contributed by atoms with van der Waals surface area (Å²) in [5.74, 6) is -0.359. The highest BCUT2D eigenvalue weighted by atomic mass is 16.4. The number of nitrogens with one attached hydrogen (secondary N) is 1. The summed E-state index contributed by atoms with van der Waals surface area (Å²) in [6.45, 7) is 2.83. The molecular formula is C4H7NO2. The third-order valence-electron chi connectivity index (χ3n) is 0.439. The average molecular weight is 102 g/mol. The van der Waals surface area contributed by atoms with Gasteiger partial charge in [-0.25, -0.2) is 0 Å². The van der Waals surface area contributed by atoms with Crippen LogP contribution >= 0.6 is 0 Å². The van der Waals surface area contributed by atoms with Crippen molar-refractivity contribution in [1.82, 2.24) is 5.32 Å². The Bertz CT molecular complexity index is 79.8. The van der Waals surface area contributed by atoms with Gasteiger partial charge in [0.05, 0.1) is 0 Å². The van der Waals surface area contributed by atoms with Gasteiger partial charge in [-0.3, -0.25) is 4.79 Å². The van der Waals surface area contributed by atoms with E-state index in [4.69, 9.17) is 5.11 Å². The summed E-state index contributed by atoms with van der Waals surface area (Å²) in [6, 6.07) is 0. The molecule has 0 aliphatic heterocycles. The van der Waals surface area contributed by atoms with Gasteiger partial charge in [0.15, 0.2) is 0 Å². The minimum Gasteiger partial charge on any atom is -0.376 e. The van der Waals surface area contributed by atoms with Crippen LogP contribution in [-0.2, 0) is 4.79 Å². The smallest absolute Gasteiger partial charge is 0.245 e. The maximum Gasteiger partial charge on any atom is 0.245 e. The lowest BCUT2D eigenvalue weighted by Crippen LogP contribution is -2.20. The average Bonchev–Trinajstić information content (AvgIpc) is 1.68. The standard InChI is InChI=1S/C4H7NO2/c1-2-4(7)5-3-6/h2,6H,1,3H2,(H,5,7)/i3+1. The van der Waals surface area contributed by atoms with Crippen molar-refractivity contribution < 1.29 is 9.90 Å². The Hall–Kier alpha value is -0.830. The van der Waals surface area contributed by atoms with Gasteiger partial charge in [-0.15, -0.1) is 0 Å². The number of carbonyl (C=O) groups excluding carboxylic acids is 1. The molecule has 0 aromatic rings. The zero-order valence-electron chi connectivity index (χ0n) is 3.85. The molecule has 0 fully saturated rings. The summed E-state index contributed by atoms with van der Waals surface area (Å²) in [5.41, 5.74) is 0. The van der Waals surface area contributed by atoms with E-state index in [1.165, 1.54) is 0 Å². The van der Waals surface area contributed by atoms with Gasteiger partial charge in [0.25, 0.3) is 0 Å². The van der Waals surface area contributed by atoms with Crippen LogP contribution in [0.3, 0.4) is 0 Å². The first-order valence-corrected chi connectivity index (χ1v) is 1.82. The number of amides is 1. The van der Waals surface area contributed by atoms with E-state index in [0.29, 0.717) is 0 Å². The summed E-state index contributed by atoms with van der Waals surface area (Å²) in [5, 5.41) is 10.1. The summed E-state index contributed by atoms with van der Waals surface area (Å²) in [7, 11) is 0. The van der Waals surface area contributed by atoms with Gasteiger partial charge in [-0.05, 0) is 6.08 Å². The fourth-order valence-electron chi connectivity index (χ4n) is 0.150. The number of rotatable bonds is 2. The molecule has 0 bridgehead atoms. The molecule has 0 aliphatic carbocycles. The molecule has 7 heavy (non-hydrogen) atoms. The van der Waals surface area contributed by atoms with Gasteiger partial charge in [0, 0.05) is 0 Å². The first kappa shape index (κ1) is 6.17. The third-order valence-corrected chi connectivity index (χ3v) is 0.439. The van der Waals surface area contributed by atoms with Crippen molar-refractivity contribution in [2.24, 2.45) is 0 Å². The van der Waals surface area contributed by atoms with E-state index in [2.05, 4.69) is 11.9 Å². The van der Waals surface area contributed by atoms with E-state index >= 15 is 0 Å². The van der Waals surface area contributed by atoms with Crippen molar-refractivity contribution in [1.29, 1.82) is 0 Å². The van der Waals surface area contributed by atoms with Crippen molar-refractivity contribution in [2.45, 2.75) is 0 Å². The van der Waals surface area contributed by atoms with Crippen molar-refractivity contribution in [3.63, 3.8) is 0 Å². The maximum atomic E-state index is 10.0. The molecule has 2 N–H and O–H groups in total. The molecule has 0 spiro atoms. The van der Waals surface area contributed by atoms with Gasteiger partial charge in [-0.2, -0.15) is 0 Å². The van der Waals surface area contributed by atoms with Crippen LogP contribution in [0.2, 0.25) is 0 Å². The molecule has 0 rings (SSSR count). The number of hydrogen-bond acceptors (Lipinski definition) is 2. The first-order chi connectivity index (χ1) is 3.31. The minimum absolute atomic E-state index is 0.329. The first-order valence-electron chi connectivity index (χ1n) is 1.82. The van der Waals surface area contributed by atoms with Gasteiger partial charge in [0.2, 0.25) is 5.91 Å². The lowest BCUT2D eigenvalue weighted by Gasteiger charge is -1.89. The zero-order valence-corrected chi connectivity index (χ0v) is 3.85. The van der Waals surface area contributed by atoms with Crippen LogP contribution < -0.4 is 5.32 Å². The third kappa shape index (κ3) is 2.99. The normalized spacial score (nSPS) is 7.57. The lowest BCUT2D eigenvalue weighted by molar-refractivity contribution is -0.117. The van der Waals surface area contributed by atoms with E-state index in [1.54, 1.807) is 0 Å². The molecule has 0 saturated carbocycles. The van der Waals surface area contributed by atoms with E-state index in [1.807, 2.05) is 0 Å². The van der Waals surface area contributed by atoms with E-state index in [9.17, 15) is 4.79 Å². The number of hydrogen-bond donors (Lipinski definition) is 2. The maximum absolute atomic E-state index is 10.0. The fraction of sp³-hybridized carbons (Fsp3) is 0.250. The molecule has 3 heteroatoms. The zero-order chi connectivity index (χ0) is 5.70. The van der Waals surface area contributed by atoms with Crippen LogP contribution in [0.25, 0.3) is 0 Å². The largest absolute Gasteiger partial charge is 0.376 e. The minimum atomic E-state index is -0.359. The monoisotopic (exact) mass is 102 g/mol. The molecule has 40 valence electrons. The predicted molar refractivity (Wildman–Crippen MR) is 25.4 cm³/mol. The highest BCUT2D eigenvalue weighted by molar-refractivity contribution is 5.86. The molecule has 0 radical (unpaired) electrons. The molecule has 0 aromatic heterocycles. The Kier molecular flexibility index (Phi) is 2.96. The SMILES string of the molecule is C=CC(=O)N[13CH2]O. The van der Waals surface area contributed by atoms with Crippen LogP contribution in [0.1, 0.15) is 0 Å². The van der Waals surface area contributed by atoms with E-state index in [-0.39, 0.29) is 12.6 Å². The molecule has 0 unspecified atom stereocenters. The van der Waals surface area contributed by atoms with E-state index < -0.39 is 0 Å². The number of carbonyl (C=O) groups is 1. The van der Waals surface area contributed by atoms with Crippen LogP contribution in [0, 0.1) is 0 Å². The van der Waals surface area contributed by atoms with Crippen molar-refractivity contribution in [3.05, 3.63) is 12.7 Å². The lowest BCUT2D eigenvalue weighted by atomic mass is 10.6. The summed E-state index contributed by atoms with van der Waals surface area (Å²) in [6.07, 6.45) is 1.09. The second-order valence-electron chi connectivity index (χ2n) is 0.903. The Labute approximate surface area is 41.7 Å². The van der Waals surface area contributed by atoms with Crippen LogP contribution in [0.4, 0.5) is 0 Å². The highest BCUT2D eigenvalue weighted by Crippen LogP contribution is 1.59. The van der Waals surface area contributed by atoms with Crippen molar-refractivity contribution in [2.75, 3.05) is 6.73 Å². The molecule has 1 amide bonds. The molecule has 0 atom stereocenters. The second kappa shape index (κ2) is 3.36. The fourth-order valence-corrected chi connectivity index (χ4v) is 0.150. The summed E-state index contributed by atoms with van der Waals surface area (Å²) >= 11 is 0. The molecule has 0 aromatic carbocycles. The van der Waals surface area contributed by atoms with E-state index in [0.717, 1.165) is 6.08 Å². The Morgan fingerprint density at radius 2 is 2.57 bits per heavy atom. The van der Waals surface area contributed by atoms with Crippen LogP contribution in [0.15, 0.2) is 12.7 Å². The van der Waals surface area contributed by atoms with Crippen molar-refractivity contribution >= 4 is 5.91 Å². The van der Waals surface area contributed by atoms with Gasteiger partial charge in [0.1, 0.15) is 6.73 Å². The van der Waals surface area contributed by atoms with Gasteiger partial charge < -0.3 is 10.4 Å². The predicted octanol–water partition coefficient (Wildman–Crippen LogP) is -0.762.